The molecule has 0 spiro atoms. The van der Waals surface area contributed by atoms with Crippen molar-refractivity contribution in [3.05, 3.63) is 83.0 Å². The Morgan fingerprint density at radius 3 is 2.39 bits per heavy atom. The summed E-state index contributed by atoms with van der Waals surface area (Å²) in [4.78, 5) is 43.9. The minimum atomic E-state index is -0.472. The van der Waals surface area contributed by atoms with Crippen LogP contribution in [-0.2, 0) is 6.54 Å². The third kappa shape index (κ3) is 4.41. The van der Waals surface area contributed by atoms with Crippen molar-refractivity contribution >= 4 is 23.4 Å². The van der Waals surface area contributed by atoms with Crippen molar-refractivity contribution in [3.8, 4) is 11.6 Å². The van der Waals surface area contributed by atoms with Gasteiger partial charge in [0.25, 0.3) is 17.7 Å². The van der Waals surface area contributed by atoms with E-state index in [0.717, 1.165) is 10.5 Å². The van der Waals surface area contributed by atoms with E-state index in [1.165, 1.54) is 18.2 Å². The second-order valence-corrected chi connectivity index (χ2v) is 7.22. The lowest BCUT2D eigenvalue weighted by Gasteiger charge is -2.14. The van der Waals surface area contributed by atoms with Gasteiger partial charge < -0.3 is 14.8 Å². The molecule has 1 aromatic heterocycles. The number of amides is 3. The Hall–Kier alpha value is -4.20. The molecule has 2 aromatic carbocycles. The molecule has 1 aliphatic rings. The molecule has 33 heavy (non-hydrogen) atoms. The molecule has 168 valence electrons. The third-order valence-corrected chi connectivity index (χ3v) is 5.13. The number of rotatable bonds is 8. The molecule has 0 aliphatic carbocycles. The van der Waals surface area contributed by atoms with Gasteiger partial charge in [-0.1, -0.05) is 6.07 Å². The van der Waals surface area contributed by atoms with Crippen LogP contribution in [0.4, 0.5) is 5.69 Å². The van der Waals surface area contributed by atoms with Crippen LogP contribution in [0.2, 0.25) is 0 Å². The summed E-state index contributed by atoms with van der Waals surface area (Å²) < 4.78 is 10.9. The van der Waals surface area contributed by atoms with Crippen molar-refractivity contribution in [1.29, 1.82) is 0 Å². The van der Waals surface area contributed by atoms with Crippen molar-refractivity contribution in [2.24, 2.45) is 0 Å². The summed E-state index contributed by atoms with van der Waals surface area (Å²) in [5.41, 5.74) is 1.91. The average molecular weight is 445 g/mol. The van der Waals surface area contributed by atoms with Crippen molar-refractivity contribution in [3.63, 3.8) is 0 Å². The quantitative estimate of drug-likeness (QED) is 0.532. The minimum absolute atomic E-state index is 0.193. The highest BCUT2D eigenvalue weighted by molar-refractivity contribution is 6.34. The Bertz CT molecular complexity index is 1210. The largest absolute Gasteiger partial charge is 0.494 e. The number of carbonyl (C=O) groups is 3. The predicted octanol–water partition coefficient (Wildman–Crippen LogP) is 3.61. The number of pyridine rings is 1. The predicted molar refractivity (Wildman–Crippen MR) is 122 cm³/mol. The molecular formula is C25H23N3O5. The van der Waals surface area contributed by atoms with Crippen LogP contribution in [-0.4, -0.2) is 35.9 Å². The molecule has 0 atom stereocenters. The molecule has 8 heteroatoms. The van der Waals surface area contributed by atoms with E-state index >= 15 is 0 Å². The first kappa shape index (κ1) is 22.0. The Morgan fingerprint density at radius 2 is 1.67 bits per heavy atom. The highest BCUT2D eigenvalue weighted by Gasteiger charge is 2.37. The van der Waals surface area contributed by atoms with Gasteiger partial charge in [0.15, 0.2) is 0 Å². The smallest absolute Gasteiger partial charge is 0.266 e. The molecule has 0 fully saturated rings. The standard InChI is InChI=1S/C25H23N3O5/c1-3-32-19-10-8-18(9-11-19)28-24(30)20-12-7-16(14-21(20)25(28)31)22(29)27-15-17-6-5-13-26-23(17)33-4-2/h5-14H,3-4,15H2,1-2H3,(H,27,29). The highest BCUT2D eigenvalue weighted by Crippen LogP contribution is 2.30. The molecule has 0 unspecified atom stereocenters. The second-order valence-electron chi connectivity index (χ2n) is 7.22. The summed E-state index contributed by atoms with van der Waals surface area (Å²) in [5, 5.41) is 2.81. The van der Waals surface area contributed by atoms with Crippen LogP contribution in [0.1, 0.15) is 50.5 Å². The molecule has 3 amide bonds. The Balaban J connectivity index is 1.51. The number of aromatic nitrogens is 1. The molecule has 0 bridgehead atoms. The van der Waals surface area contributed by atoms with Crippen molar-refractivity contribution < 1.29 is 23.9 Å². The maximum atomic E-state index is 13.0. The van der Waals surface area contributed by atoms with E-state index in [4.69, 9.17) is 9.47 Å². The Kier molecular flexibility index (Phi) is 6.35. The second kappa shape index (κ2) is 9.52. The van der Waals surface area contributed by atoms with Gasteiger partial charge in [0, 0.05) is 23.9 Å². The molecule has 4 rings (SSSR count). The summed E-state index contributed by atoms with van der Waals surface area (Å²) in [6, 6.07) is 14.8. The molecular weight excluding hydrogens is 422 g/mol. The zero-order valence-electron chi connectivity index (χ0n) is 18.3. The van der Waals surface area contributed by atoms with Gasteiger partial charge in [-0.25, -0.2) is 9.88 Å². The van der Waals surface area contributed by atoms with Gasteiger partial charge in [-0.15, -0.1) is 0 Å². The molecule has 0 radical (unpaired) electrons. The number of imide groups is 1. The number of nitrogens with one attached hydrogen (secondary N) is 1. The lowest BCUT2D eigenvalue weighted by molar-refractivity contribution is 0.0923. The summed E-state index contributed by atoms with van der Waals surface area (Å²) in [6.07, 6.45) is 1.62. The zero-order chi connectivity index (χ0) is 23.4. The molecule has 3 aromatic rings. The minimum Gasteiger partial charge on any atom is -0.494 e. The van der Waals surface area contributed by atoms with E-state index in [1.54, 1.807) is 36.5 Å². The Morgan fingerprint density at radius 1 is 0.939 bits per heavy atom. The summed E-state index contributed by atoms with van der Waals surface area (Å²) in [5.74, 6) is -0.162. The number of ether oxygens (including phenoxy) is 2. The van der Waals surface area contributed by atoms with Gasteiger partial charge in [0.05, 0.1) is 30.0 Å². The summed E-state index contributed by atoms with van der Waals surface area (Å²) in [6.45, 7) is 4.93. The van der Waals surface area contributed by atoms with Crippen molar-refractivity contribution in [2.45, 2.75) is 20.4 Å². The third-order valence-electron chi connectivity index (χ3n) is 5.13. The highest BCUT2D eigenvalue weighted by atomic mass is 16.5. The fourth-order valence-electron chi connectivity index (χ4n) is 3.58. The van der Waals surface area contributed by atoms with Gasteiger partial charge in [-0.3, -0.25) is 14.4 Å². The monoisotopic (exact) mass is 445 g/mol. The van der Waals surface area contributed by atoms with Gasteiger partial charge in [0.2, 0.25) is 5.88 Å². The zero-order valence-corrected chi connectivity index (χ0v) is 18.3. The first-order valence-electron chi connectivity index (χ1n) is 10.6. The van der Waals surface area contributed by atoms with E-state index in [2.05, 4.69) is 10.3 Å². The fourth-order valence-corrected chi connectivity index (χ4v) is 3.58. The van der Waals surface area contributed by atoms with Crippen LogP contribution in [0.3, 0.4) is 0 Å². The van der Waals surface area contributed by atoms with E-state index < -0.39 is 11.8 Å². The van der Waals surface area contributed by atoms with Crippen molar-refractivity contribution in [1.82, 2.24) is 10.3 Å². The lowest BCUT2D eigenvalue weighted by atomic mass is 10.1. The molecule has 1 N–H and O–H groups in total. The van der Waals surface area contributed by atoms with E-state index in [1.807, 2.05) is 19.9 Å². The first-order valence-corrected chi connectivity index (χ1v) is 10.6. The van der Waals surface area contributed by atoms with Crippen LogP contribution in [0.25, 0.3) is 0 Å². The number of anilines is 1. The number of carbonyl (C=O) groups excluding carboxylic acids is 3. The number of benzene rings is 2. The molecule has 1 aliphatic heterocycles. The molecule has 2 heterocycles. The maximum absolute atomic E-state index is 13.0. The first-order chi connectivity index (χ1) is 16.0. The normalized spacial score (nSPS) is 12.5. The van der Waals surface area contributed by atoms with Crippen LogP contribution < -0.4 is 19.7 Å². The number of nitrogens with zero attached hydrogens (tertiary/aromatic N) is 2. The molecule has 0 saturated heterocycles. The van der Waals surface area contributed by atoms with Crippen LogP contribution in [0.5, 0.6) is 11.6 Å². The number of hydrogen-bond acceptors (Lipinski definition) is 6. The molecule has 0 saturated carbocycles. The van der Waals surface area contributed by atoms with Crippen LogP contribution >= 0.6 is 0 Å². The summed E-state index contributed by atoms with van der Waals surface area (Å²) >= 11 is 0. The fraction of sp³-hybridized carbons (Fsp3) is 0.200. The van der Waals surface area contributed by atoms with Gasteiger partial charge in [0.1, 0.15) is 5.75 Å². The SMILES string of the molecule is CCOc1ccc(N2C(=O)c3ccc(C(=O)NCc4cccnc4OCC)cc3C2=O)cc1. The van der Waals surface area contributed by atoms with E-state index in [0.29, 0.717) is 30.5 Å². The van der Waals surface area contributed by atoms with E-state index in [9.17, 15) is 14.4 Å². The van der Waals surface area contributed by atoms with Crippen molar-refractivity contribution in [2.75, 3.05) is 18.1 Å². The number of hydrogen-bond donors (Lipinski definition) is 1. The topological polar surface area (TPSA) is 97.8 Å². The Labute approximate surface area is 191 Å². The summed E-state index contributed by atoms with van der Waals surface area (Å²) in [7, 11) is 0. The van der Waals surface area contributed by atoms with E-state index in [-0.39, 0.29) is 29.1 Å². The average Bonchev–Trinajstić information content (AvgIpc) is 3.08. The molecule has 8 nitrogen and oxygen atoms in total. The lowest BCUT2D eigenvalue weighted by Crippen LogP contribution is -2.29. The maximum Gasteiger partial charge on any atom is 0.266 e. The van der Waals surface area contributed by atoms with Crippen LogP contribution in [0.15, 0.2) is 60.8 Å². The van der Waals surface area contributed by atoms with Crippen LogP contribution in [0, 0.1) is 0 Å². The van der Waals surface area contributed by atoms with Gasteiger partial charge in [-0.2, -0.15) is 0 Å². The number of fused-ring (bicyclic) bond motifs is 1. The van der Waals surface area contributed by atoms with Gasteiger partial charge >= 0.3 is 0 Å². The van der Waals surface area contributed by atoms with Gasteiger partial charge in [-0.05, 0) is 62.4 Å².